The van der Waals surface area contributed by atoms with Crippen LogP contribution in [0.15, 0.2) is 42.5 Å². The maximum Gasteiger partial charge on any atom is 0.395 e. The molecule has 0 amide bonds. The molecule has 0 fully saturated rings. The zero-order valence-corrected chi connectivity index (χ0v) is 16.6. The van der Waals surface area contributed by atoms with Crippen LogP contribution in [0.5, 0.6) is 0 Å². The second-order valence-electron chi connectivity index (χ2n) is 6.63. The molecule has 0 aliphatic rings. The van der Waals surface area contributed by atoms with Crippen molar-refractivity contribution < 1.29 is 27.5 Å². The Morgan fingerprint density at radius 1 is 1.13 bits per heavy atom. The molecule has 0 aromatic heterocycles. The number of nitrogens with two attached hydrogens (primary N) is 1. The van der Waals surface area contributed by atoms with Gasteiger partial charge in [-0.3, -0.25) is 4.79 Å². The fraction of sp³-hybridized carbons (Fsp3) is 0.333. The van der Waals surface area contributed by atoms with Crippen LogP contribution in [0.2, 0.25) is 0 Å². The van der Waals surface area contributed by atoms with Crippen LogP contribution < -0.4 is 5.73 Å². The number of nitrogens with zero attached hydrogens (tertiary/aromatic N) is 1. The molecule has 2 aromatic carbocycles. The van der Waals surface area contributed by atoms with Crippen molar-refractivity contribution in [2.24, 2.45) is 5.73 Å². The molecule has 2 unspecified atom stereocenters. The number of carboxylic acid groups (broad SMARTS) is 1. The fourth-order valence-corrected chi connectivity index (χ4v) is 3.92. The number of hydrogen-bond donors (Lipinski definition) is 2. The van der Waals surface area contributed by atoms with Crippen LogP contribution in [0.1, 0.15) is 29.9 Å². The highest BCUT2D eigenvalue weighted by molar-refractivity contribution is 7.99. The van der Waals surface area contributed by atoms with E-state index in [1.54, 1.807) is 6.07 Å². The van der Waals surface area contributed by atoms with E-state index in [0.717, 1.165) is 0 Å². The summed E-state index contributed by atoms with van der Waals surface area (Å²) in [5.41, 5.74) is 5.83. The number of thioether (sulfide) groups is 1. The molecule has 0 aliphatic heterocycles. The minimum Gasteiger partial charge on any atom is -0.480 e. The molecule has 160 valence electrons. The van der Waals surface area contributed by atoms with Gasteiger partial charge in [-0.1, -0.05) is 36.4 Å². The van der Waals surface area contributed by atoms with Crippen LogP contribution in [-0.2, 0) is 4.79 Å². The summed E-state index contributed by atoms with van der Waals surface area (Å²) in [5, 5.41) is 17.6. The Labute approximate surface area is 175 Å². The Bertz CT molecular complexity index is 911. The smallest absolute Gasteiger partial charge is 0.395 e. The highest BCUT2D eigenvalue weighted by Crippen LogP contribution is 2.39. The van der Waals surface area contributed by atoms with E-state index in [1.165, 1.54) is 54.2 Å². The first kappa shape index (κ1) is 23.7. The maximum atomic E-state index is 14.3. The van der Waals surface area contributed by atoms with Crippen LogP contribution in [0.25, 0.3) is 11.1 Å². The summed E-state index contributed by atoms with van der Waals surface area (Å²) in [6.07, 6.45) is -4.45. The zero-order chi connectivity index (χ0) is 22.3. The first-order chi connectivity index (χ1) is 14.1. The van der Waals surface area contributed by atoms with Crippen molar-refractivity contribution in [2.45, 2.75) is 31.0 Å². The van der Waals surface area contributed by atoms with E-state index in [9.17, 15) is 22.4 Å². The predicted octanol–water partition coefficient (Wildman–Crippen LogP) is 4.94. The van der Waals surface area contributed by atoms with Crippen LogP contribution in [0.4, 0.5) is 17.6 Å². The second kappa shape index (κ2) is 10.5. The van der Waals surface area contributed by atoms with Crippen molar-refractivity contribution in [3.05, 3.63) is 59.4 Å². The molecule has 0 saturated carbocycles. The van der Waals surface area contributed by atoms with Crippen molar-refractivity contribution in [1.29, 1.82) is 5.26 Å². The minimum absolute atomic E-state index is 0.0610. The van der Waals surface area contributed by atoms with Gasteiger partial charge in [-0.25, -0.2) is 4.39 Å². The van der Waals surface area contributed by atoms with Crippen molar-refractivity contribution in [3.8, 4) is 17.2 Å². The van der Waals surface area contributed by atoms with E-state index in [1.807, 2.05) is 0 Å². The first-order valence-electron chi connectivity index (χ1n) is 9.07. The molecule has 2 aromatic rings. The lowest BCUT2D eigenvalue weighted by molar-refractivity contribution is -0.150. The summed E-state index contributed by atoms with van der Waals surface area (Å²) in [7, 11) is 0. The monoisotopic (exact) mass is 440 g/mol. The third kappa shape index (κ3) is 6.21. The summed E-state index contributed by atoms with van der Waals surface area (Å²) in [4.78, 5) is 10.7. The van der Waals surface area contributed by atoms with Gasteiger partial charge in [0.15, 0.2) is 0 Å². The Kier molecular flexibility index (Phi) is 8.26. The van der Waals surface area contributed by atoms with Gasteiger partial charge in [-0.05, 0) is 41.5 Å². The third-order valence-electron chi connectivity index (χ3n) is 4.58. The number of nitriles is 1. The van der Waals surface area contributed by atoms with Crippen molar-refractivity contribution in [1.82, 2.24) is 0 Å². The van der Waals surface area contributed by atoms with E-state index in [4.69, 9.17) is 16.1 Å². The summed E-state index contributed by atoms with van der Waals surface area (Å²) in [6, 6.07) is 10.5. The number of aliphatic carboxylic acids is 1. The summed E-state index contributed by atoms with van der Waals surface area (Å²) < 4.78 is 54.9. The van der Waals surface area contributed by atoms with Gasteiger partial charge in [-0.2, -0.15) is 30.2 Å². The van der Waals surface area contributed by atoms with Gasteiger partial charge in [0.2, 0.25) is 0 Å². The average molecular weight is 440 g/mol. The van der Waals surface area contributed by atoms with Crippen molar-refractivity contribution in [3.63, 3.8) is 0 Å². The molecular formula is C21H20F4N2O2S. The largest absolute Gasteiger partial charge is 0.480 e. The van der Waals surface area contributed by atoms with E-state index >= 15 is 0 Å². The normalized spacial score (nSPS) is 13.5. The number of benzene rings is 2. The Balaban J connectivity index is 2.08. The van der Waals surface area contributed by atoms with E-state index in [2.05, 4.69) is 0 Å². The standard InChI is InChI=1S/C21H20F4N2O2S/c22-19-15(12-26)2-1-3-16(19)13-4-6-14(7-5-13)17(21(23,24)25)8-10-30-11-9-18(27)20(28)29/h1-7,17-18H,8-11,27H2,(H,28,29). The van der Waals surface area contributed by atoms with Crippen LogP contribution in [0.3, 0.4) is 0 Å². The lowest BCUT2D eigenvalue weighted by atomic mass is 9.93. The van der Waals surface area contributed by atoms with Gasteiger partial charge in [0.05, 0.1) is 11.5 Å². The van der Waals surface area contributed by atoms with Crippen molar-refractivity contribution in [2.75, 3.05) is 11.5 Å². The molecule has 0 saturated heterocycles. The minimum atomic E-state index is -4.45. The molecule has 2 rings (SSSR count). The van der Waals surface area contributed by atoms with E-state index in [0.29, 0.717) is 11.3 Å². The fourth-order valence-electron chi connectivity index (χ4n) is 2.89. The third-order valence-corrected chi connectivity index (χ3v) is 5.63. The van der Waals surface area contributed by atoms with Crippen LogP contribution in [-0.4, -0.2) is 34.8 Å². The Morgan fingerprint density at radius 2 is 1.77 bits per heavy atom. The van der Waals surface area contributed by atoms with Crippen LogP contribution >= 0.6 is 11.8 Å². The second-order valence-corrected chi connectivity index (χ2v) is 7.85. The van der Waals surface area contributed by atoms with Crippen molar-refractivity contribution >= 4 is 17.7 Å². The molecule has 30 heavy (non-hydrogen) atoms. The van der Waals surface area contributed by atoms with Gasteiger partial charge in [0.25, 0.3) is 0 Å². The Hall–Kier alpha value is -2.57. The SMILES string of the molecule is N#Cc1cccc(-c2ccc(C(CCSCCC(N)C(=O)O)C(F)(F)F)cc2)c1F. The lowest BCUT2D eigenvalue weighted by Gasteiger charge is -2.21. The van der Waals surface area contributed by atoms with Gasteiger partial charge in [-0.15, -0.1) is 0 Å². The number of hydrogen-bond acceptors (Lipinski definition) is 4. The van der Waals surface area contributed by atoms with E-state index in [-0.39, 0.29) is 35.3 Å². The highest BCUT2D eigenvalue weighted by Gasteiger charge is 2.40. The molecule has 3 N–H and O–H groups in total. The quantitative estimate of drug-likeness (QED) is 0.426. The molecule has 0 spiro atoms. The summed E-state index contributed by atoms with van der Waals surface area (Å²) >= 11 is 1.22. The molecule has 2 atom stereocenters. The van der Waals surface area contributed by atoms with Gasteiger partial charge >= 0.3 is 12.1 Å². The highest BCUT2D eigenvalue weighted by atomic mass is 32.2. The number of rotatable bonds is 9. The van der Waals surface area contributed by atoms with Gasteiger partial charge in [0, 0.05) is 5.56 Å². The summed E-state index contributed by atoms with van der Waals surface area (Å²) in [5.74, 6) is -3.00. The summed E-state index contributed by atoms with van der Waals surface area (Å²) in [6.45, 7) is 0. The molecule has 9 heteroatoms. The number of carboxylic acids is 1. The van der Waals surface area contributed by atoms with Gasteiger partial charge < -0.3 is 10.8 Å². The lowest BCUT2D eigenvalue weighted by Crippen LogP contribution is -2.30. The number of halogens is 4. The number of alkyl halides is 3. The number of carbonyl (C=O) groups is 1. The topological polar surface area (TPSA) is 87.1 Å². The first-order valence-corrected chi connectivity index (χ1v) is 10.2. The average Bonchev–Trinajstić information content (AvgIpc) is 2.70. The van der Waals surface area contributed by atoms with Crippen LogP contribution in [0, 0.1) is 17.1 Å². The Morgan fingerprint density at radius 3 is 2.33 bits per heavy atom. The molecular weight excluding hydrogens is 420 g/mol. The predicted molar refractivity (Wildman–Crippen MR) is 108 cm³/mol. The molecule has 0 radical (unpaired) electrons. The molecule has 0 heterocycles. The zero-order valence-electron chi connectivity index (χ0n) is 15.8. The van der Waals surface area contributed by atoms with Gasteiger partial charge in [0.1, 0.15) is 17.9 Å². The molecule has 4 nitrogen and oxygen atoms in total. The molecule has 0 aliphatic carbocycles. The maximum absolute atomic E-state index is 14.3. The van der Waals surface area contributed by atoms with E-state index < -0.39 is 29.9 Å². The molecule has 0 bridgehead atoms.